The van der Waals surface area contributed by atoms with Crippen LogP contribution in [-0.4, -0.2) is 19.2 Å². The van der Waals surface area contributed by atoms with Crippen LogP contribution in [0.1, 0.15) is 18.1 Å². The lowest BCUT2D eigenvalue weighted by atomic mass is 9.99. The van der Waals surface area contributed by atoms with E-state index >= 15 is 0 Å². The van der Waals surface area contributed by atoms with Crippen LogP contribution < -0.4 is 16.0 Å². The molecule has 3 N–H and O–H groups in total. The fourth-order valence-electron chi connectivity index (χ4n) is 2.94. The van der Waals surface area contributed by atoms with Crippen molar-refractivity contribution in [3.05, 3.63) is 53.1 Å². The Morgan fingerprint density at radius 2 is 2.08 bits per heavy atom. The molecule has 1 aliphatic heterocycles. The number of fused-ring (bicyclic) bond motifs is 1. The maximum Gasteiger partial charge on any atom is 0.411 e. The summed E-state index contributed by atoms with van der Waals surface area (Å²) < 4.78 is 32.9. The maximum absolute atomic E-state index is 14.7. The van der Waals surface area contributed by atoms with Crippen molar-refractivity contribution < 1.29 is 18.3 Å². The molecule has 1 heterocycles. The minimum atomic E-state index is -0.691. The van der Waals surface area contributed by atoms with E-state index in [0.717, 1.165) is 11.1 Å². The van der Waals surface area contributed by atoms with Crippen molar-refractivity contribution >= 4 is 23.2 Å². The van der Waals surface area contributed by atoms with Gasteiger partial charge in [-0.3, -0.25) is 5.32 Å². The van der Waals surface area contributed by atoms with Gasteiger partial charge in [-0.05, 0) is 48.7 Å². The molecule has 2 aromatic rings. The molecule has 5 nitrogen and oxygen atoms in total. The highest BCUT2D eigenvalue weighted by atomic mass is 19.1. The number of nitrogen functional groups attached to an aromatic ring is 1. The van der Waals surface area contributed by atoms with Crippen LogP contribution in [0.25, 0.3) is 0 Å². The number of nitrogens with zero attached hydrogens (tertiary/aromatic N) is 1. The van der Waals surface area contributed by atoms with Gasteiger partial charge in [-0.25, -0.2) is 13.6 Å². The van der Waals surface area contributed by atoms with Gasteiger partial charge in [0.15, 0.2) is 5.82 Å². The highest BCUT2D eigenvalue weighted by Crippen LogP contribution is 2.33. The average molecular weight is 347 g/mol. The van der Waals surface area contributed by atoms with Crippen LogP contribution in [0.5, 0.6) is 0 Å². The van der Waals surface area contributed by atoms with Gasteiger partial charge in [0.2, 0.25) is 0 Å². The zero-order valence-electron chi connectivity index (χ0n) is 13.8. The first-order valence-electron chi connectivity index (χ1n) is 8.03. The van der Waals surface area contributed by atoms with E-state index in [4.69, 9.17) is 10.5 Å². The molecule has 0 saturated carbocycles. The summed E-state index contributed by atoms with van der Waals surface area (Å²) in [5, 5.41) is 2.41. The standard InChI is InChI=1S/C18H19F2N3O2/c1-2-25-18(24)22-14-5-6-15(16(20)17(14)21)23-8-7-11-3-4-13(19)9-12(11)10-23/h3-6,9H,2,7-8,10,21H2,1H3,(H,22,24). The Labute approximate surface area is 144 Å². The van der Waals surface area contributed by atoms with E-state index in [2.05, 4.69) is 5.32 Å². The predicted molar refractivity (Wildman–Crippen MR) is 92.6 cm³/mol. The minimum absolute atomic E-state index is 0.156. The summed E-state index contributed by atoms with van der Waals surface area (Å²) in [5.41, 5.74) is 8.03. The largest absolute Gasteiger partial charge is 0.450 e. The number of carbonyl (C=O) groups excluding carboxylic acids is 1. The molecule has 1 aliphatic rings. The summed E-state index contributed by atoms with van der Waals surface area (Å²) >= 11 is 0. The smallest absolute Gasteiger partial charge is 0.411 e. The topological polar surface area (TPSA) is 67.6 Å². The molecule has 25 heavy (non-hydrogen) atoms. The number of hydrogen-bond acceptors (Lipinski definition) is 4. The first kappa shape index (κ1) is 17.0. The quantitative estimate of drug-likeness (QED) is 0.831. The Morgan fingerprint density at radius 1 is 1.28 bits per heavy atom. The van der Waals surface area contributed by atoms with E-state index in [0.29, 0.717) is 25.2 Å². The fourth-order valence-corrected chi connectivity index (χ4v) is 2.94. The van der Waals surface area contributed by atoms with E-state index in [-0.39, 0.29) is 23.8 Å². The number of halogens is 2. The van der Waals surface area contributed by atoms with Gasteiger partial charge in [-0.2, -0.15) is 0 Å². The number of carbonyl (C=O) groups is 1. The van der Waals surface area contributed by atoms with Crippen molar-refractivity contribution in [1.82, 2.24) is 0 Å². The number of anilines is 3. The van der Waals surface area contributed by atoms with Crippen molar-refractivity contribution in [2.75, 3.05) is 29.1 Å². The molecule has 0 unspecified atom stereocenters. The van der Waals surface area contributed by atoms with Crippen LogP contribution in [0.3, 0.4) is 0 Å². The second-order valence-corrected chi connectivity index (χ2v) is 5.79. The number of nitrogens with one attached hydrogen (secondary N) is 1. The monoisotopic (exact) mass is 347 g/mol. The molecule has 0 fully saturated rings. The molecule has 0 aliphatic carbocycles. The molecule has 1 amide bonds. The first-order chi connectivity index (χ1) is 12.0. The van der Waals surface area contributed by atoms with E-state index in [9.17, 15) is 13.6 Å². The molecule has 0 bridgehead atoms. The molecular formula is C18H19F2N3O2. The van der Waals surface area contributed by atoms with Crippen LogP contribution in [0.15, 0.2) is 30.3 Å². The van der Waals surface area contributed by atoms with Crippen LogP contribution in [0.2, 0.25) is 0 Å². The number of benzene rings is 2. The minimum Gasteiger partial charge on any atom is -0.450 e. The van der Waals surface area contributed by atoms with Crippen LogP contribution in [0, 0.1) is 11.6 Å². The summed E-state index contributed by atoms with van der Waals surface area (Å²) in [6.45, 7) is 2.87. The normalized spacial score (nSPS) is 13.3. The Kier molecular flexibility index (Phi) is 4.74. The van der Waals surface area contributed by atoms with Gasteiger partial charge in [0.25, 0.3) is 0 Å². The third-order valence-corrected chi connectivity index (χ3v) is 4.19. The Bertz CT molecular complexity index is 811. The van der Waals surface area contributed by atoms with Gasteiger partial charge in [-0.15, -0.1) is 0 Å². The third kappa shape index (κ3) is 3.50. The van der Waals surface area contributed by atoms with Gasteiger partial charge < -0.3 is 15.4 Å². The Morgan fingerprint density at radius 3 is 2.84 bits per heavy atom. The molecule has 0 aromatic heterocycles. The van der Waals surface area contributed by atoms with Crippen molar-refractivity contribution in [2.45, 2.75) is 19.9 Å². The highest BCUT2D eigenvalue weighted by molar-refractivity contribution is 5.90. The van der Waals surface area contributed by atoms with Gasteiger partial charge in [0.05, 0.1) is 23.7 Å². The second-order valence-electron chi connectivity index (χ2n) is 5.79. The lowest BCUT2D eigenvalue weighted by Crippen LogP contribution is -2.31. The lowest BCUT2D eigenvalue weighted by molar-refractivity contribution is 0.168. The zero-order valence-corrected chi connectivity index (χ0v) is 13.8. The molecule has 0 saturated heterocycles. The highest BCUT2D eigenvalue weighted by Gasteiger charge is 2.22. The summed E-state index contributed by atoms with van der Waals surface area (Å²) in [6.07, 6.45) is 0.00125. The van der Waals surface area contributed by atoms with Crippen LogP contribution in [0.4, 0.5) is 30.6 Å². The summed E-state index contributed by atoms with van der Waals surface area (Å²) in [7, 11) is 0. The molecule has 2 aromatic carbocycles. The number of ether oxygens (including phenoxy) is 1. The van der Waals surface area contributed by atoms with Gasteiger partial charge >= 0.3 is 6.09 Å². The fraction of sp³-hybridized carbons (Fsp3) is 0.278. The summed E-state index contributed by atoms with van der Waals surface area (Å²) in [4.78, 5) is 13.3. The summed E-state index contributed by atoms with van der Waals surface area (Å²) in [5.74, 6) is -0.927. The van der Waals surface area contributed by atoms with E-state index in [1.807, 2.05) is 4.90 Å². The second kappa shape index (κ2) is 6.96. The van der Waals surface area contributed by atoms with Crippen molar-refractivity contribution in [3.8, 4) is 0 Å². The first-order valence-corrected chi connectivity index (χ1v) is 8.03. The number of hydrogen-bond donors (Lipinski definition) is 2. The van der Waals surface area contributed by atoms with Crippen LogP contribution >= 0.6 is 0 Å². The van der Waals surface area contributed by atoms with Crippen LogP contribution in [-0.2, 0) is 17.7 Å². The predicted octanol–water partition coefficient (Wildman–Crippen LogP) is 3.68. The van der Waals surface area contributed by atoms with Gasteiger partial charge in [0.1, 0.15) is 5.82 Å². The molecule has 7 heteroatoms. The molecular weight excluding hydrogens is 328 g/mol. The average Bonchev–Trinajstić information content (AvgIpc) is 2.59. The Hall–Kier alpha value is -2.83. The number of rotatable bonds is 3. The molecule has 0 spiro atoms. The lowest BCUT2D eigenvalue weighted by Gasteiger charge is -2.31. The molecule has 0 radical (unpaired) electrons. The SMILES string of the molecule is CCOC(=O)Nc1ccc(N2CCc3ccc(F)cc3C2)c(F)c1N. The zero-order chi connectivity index (χ0) is 18.0. The van der Waals surface area contributed by atoms with Crippen molar-refractivity contribution in [1.29, 1.82) is 0 Å². The maximum atomic E-state index is 14.7. The van der Waals surface area contributed by atoms with E-state index in [1.54, 1.807) is 19.1 Å². The molecule has 0 atom stereocenters. The number of amides is 1. The van der Waals surface area contributed by atoms with Gasteiger partial charge in [0, 0.05) is 13.1 Å². The van der Waals surface area contributed by atoms with Crippen molar-refractivity contribution in [2.24, 2.45) is 0 Å². The van der Waals surface area contributed by atoms with Crippen molar-refractivity contribution in [3.63, 3.8) is 0 Å². The Balaban J connectivity index is 1.84. The summed E-state index contributed by atoms with van der Waals surface area (Å²) in [6, 6.07) is 7.75. The molecule has 132 valence electrons. The third-order valence-electron chi connectivity index (χ3n) is 4.19. The van der Waals surface area contributed by atoms with E-state index < -0.39 is 11.9 Å². The van der Waals surface area contributed by atoms with Gasteiger partial charge in [-0.1, -0.05) is 6.07 Å². The molecule has 3 rings (SSSR count). The number of nitrogens with two attached hydrogens (primary N) is 1. The van der Waals surface area contributed by atoms with E-state index in [1.165, 1.54) is 18.2 Å².